The first-order valence-electron chi connectivity index (χ1n) is 19.7. The molecule has 4 N–H and O–H groups in total. The summed E-state index contributed by atoms with van der Waals surface area (Å²) in [4.78, 5) is 45.2. The molecule has 3 aromatic carbocycles. The number of nitrogens with one attached hydrogen (secondary N) is 2. The maximum absolute atomic E-state index is 12.1. The molecule has 3 aromatic rings. The van der Waals surface area contributed by atoms with E-state index in [1.807, 2.05) is 30.4 Å². The highest BCUT2D eigenvalue weighted by atomic mass is 31.2. The van der Waals surface area contributed by atoms with Crippen molar-refractivity contribution in [3.8, 4) is 0 Å². The number of fused-ring (bicyclic) bond motifs is 2. The third kappa shape index (κ3) is 13.5. The number of carboxylic acids is 2. The van der Waals surface area contributed by atoms with Crippen molar-refractivity contribution in [2.75, 3.05) is 19.3 Å². The van der Waals surface area contributed by atoms with Crippen molar-refractivity contribution in [3.63, 3.8) is 0 Å². The molecule has 8 nitrogen and oxygen atoms in total. The summed E-state index contributed by atoms with van der Waals surface area (Å²) in [6.07, 6.45) is 20.5. The van der Waals surface area contributed by atoms with Gasteiger partial charge in [-0.25, -0.2) is 4.79 Å². The molecule has 2 aliphatic rings. The second-order valence-corrected chi connectivity index (χ2v) is 18.0. The van der Waals surface area contributed by atoms with Gasteiger partial charge in [0.25, 0.3) is 0 Å². The predicted molar refractivity (Wildman–Crippen MR) is 225 cm³/mol. The zero-order valence-corrected chi connectivity index (χ0v) is 33.0. The third-order valence-electron chi connectivity index (χ3n) is 10.8. The minimum atomic E-state index is -1.89. The number of carboxylic acid groups (broad SMARTS) is 2. The molecule has 2 fully saturated rings. The Morgan fingerprint density at radius 2 is 1.27 bits per heavy atom. The Labute approximate surface area is 327 Å². The molecule has 0 unspecified atom stereocenters. The fourth-order valence-electron chi connectivity index (χ4n) is 8.14. The van der Waals surface area contributed by atoms with E-state index in [9.17, 15) is 19.2 Å². The summed E-state index contributed by atoms with van der Waals surface area (Å²) in [5, 5.41) is 27.2. The topological polar surface area (TPSA) is 133 Å². The highest BCUT2D eigenvalue weighted by molar-refractivity contribution is 7.95. The Morgan fingerprint density at radius 1 is 0.691 bits per heavy atom. The quantitative estimate of drug-likeness (QED) is 0.0409. The molecule has 55 heavy (non-hydrogen) atoms. The fourth-order valence-corrected chi connectivity index (χ4v) is 12.2. The highest BCUT2D eigenvalue weighted by Crippen LogP contribution is 2.55. The number of hydrogen-bond donors (Lipinski definition) is 4. The number of allylic oxidation sites excluding steroid dienone is 4. The lowest BCUT2D eigenvalue weighted by Crippen LogP contribution is -2.41. The lowest BCUT2D eigenvalue weighted by Gasteiger charge is -2.30. The zero-order valence-electron chi connectivity index (χ0n) is 32.1. The van der Waals surface area contributed by atoms with E-state index < -0.39 is 19.2 Å². The monoisotopic (exact) mass is 765 g/mol. The standard InChI is InChI=1S/C23H36N2O4.C23H21O2P/c1-2-3-6-10-21(26)25-16-22(27)24-15-20-18-13-12-17(14-18)19(20)9-7-4-5-8-11-23(28)29;24-23(25)18-10-11-19-26(20-12-4-1-5-13-20,21-14-6-2-7-15-21)22-16-8-3-9-17-22/h4,7-8,11,17-20H,2-3,5-6,9-10,12-16H2,1H3,(H,24,27)(H,25,26)(H,28,29);1-17H,18-19H2/p+1/b7-4-,11-8+;/t17-,18+,19-,20+;/m0./s1. The van der Waals surface area contributed by atoms with Gasteiger partial charge in [-0.15, -0.1) is 0 Å². The summed E-state index contributed by atoms with van der Waals surface area (Å²) in [5.74, 6) is 0.630. The summed E-state index contributed by atoms with van der Waals surface area (Å²) >= 11 is 0. The van der Waals surface area contributed by atoms with Crippen molar-refractivity contribution in [2.24, 2.45) is 23.7 Å². The number of carbonyl (C=O) groups is 4. The molecule has 0 saturated heterocycles. The number of amides is 2. The van der Waals surface area contributed by atoms with Gasteiger partial charge in [-0.3, -0.25) is 14.4 Å². The number of hydrogen-bond acceptors (Lipinski definition) is 4. The molecule has 0 spiro atoms. The molecule has 292 valence electrons. The van der Waals surface area contributed by atoms with Gasteiger partial charge in [-0.2, -0.15) is 0 Å². The summed E-state index contributed by atoms with van der Waals surface area (Å²) in [7, 11) is -1.89. The van der Waals surface area contributed by atoms with Gasteiger partial charge in [-0.1, -0.05) is 98.7 Å². The number of carbonyl (C=O) groups excluding carboxylic acids is 2. The lowest BCUT2D eigenvalue weighted by molar-refractivity contribution is -0.136. The zero-order chi connectivity index (χ0) is 39.3. The van der Waals surface area contributed by atoms with E-state index in [4.69, 9.17) is 10.2 Å². The molecular formula is C46H58N2O6P+. The molecule has 0 heterocycles. The van der Waals surface area contributed by atoms with Gasteiger partial charge >= 0.3 is 11.9 Å². The van der Waals surface area contributed by atoms with Crippen LogP contribution in [0.3, 0.4) is 0 Å². The average molecular weight is 766 g/mol. The SMILES string of the molecule is CCCCCC(=O)NCC(=O)NC[C@@H]1[C@@H]2CC[C@@H](C2)[C@@H]1C/C=C\C/C=C/C(=O)O.O=C(O)CC=CC[P+](c1ccccc1)(c1ccccc1)c1ccccc1. The maximum atomic E-state index is 12.1. The van der Waals surface area contributed by atoms with E-state index in [1.165, 1.54) is 41.3 Å². The normalized spacial score (nSPS) is 19.0. The van der Waals surface area contributed by atoms with Crippen LogP contribution in [0.4, 0.5) is 0 Å². The van der Waals surface area contributed by atoms with Crippen LogP contribution in [0.25, 0.3) is 0 Å². The molecule has 0 aromatic heterocycles. The van der Waals surface area contributed by atoms with Crippen molar-refractivity contribution in [1.82, 2.24) is 10.6 Å². The van der Waals surface area contributed by atoms with Crippen molar-refractivity contribution in [2.45, 2.75) is 71.1 Å². The van der Waals surface area contributed by atoms with Crippen molar-refractivity contribution < 1.29 is 29.4 Å². The van der Waals surface area contributed by atoms with E-state index in [0.717, 1.165) is 37.8 Å². The molecule has 2 bridgehead atoms. The van der Waals surface area contributed by atoms with Crippen LogP contribution in [0.2, 0.25) is 0 Å². The summed E-state index contributed by atoms with van der Waals surface area (Å²) < 4.78 is 0. The first-order chi connectivity index (χ1) is 26.7. The van der Waals surface area contributed by atoms with E-state index in [2.05, 4.69) is 96.4 Å². The minimum absolute atomic E-state index is 0.0477. The summed E-state index contributed by atoms with van der Waals surface area (Å²) in [5.41, 5.74) is 0. The smallest absolute Gasteiger partial charge is 0.327 e. The number of benzene rings is 3. The molecule has 2 saturated carbocycles. The van der Waals surface area contributed by atoms with Crippen molar-refractivity contribution in [1.29, 1.82) is 0 Å². The first kappa shape index (κ1) is 42.9. The van der Waals surface area contributed by atoms with Crippen LogP contribution in [0.15, 0.2) is 127 Å². The molecule has 9 heteroatoms. The van der Waals surface area contributed by atoms with Gasteiger partial charge in [0, 0.05) is 19.0 Å². The Kier molecular flexibility index (Phi) is 18.1. The predicted octanol–water partition coefficient (Wildman–Crippen LogP) is 7.45. The summed E-state index contributed by atoms with van der Waals surface area (Å²) in [6, 6.07) is 31.7. The highest BCUT2D eigenvalue weighted by Gasteiger charge is 2.46. The third-order valence-corrected chi connectivity index (χ3v) is 15.1. The van der Waals surface area contributed by atoms with E-state index >= 15 is 0 Å². The van der Waals surface area contributed by atoms with Crippen LogP contribution in [-0.4, -0.2) is 53.2 Å². The van der Waals surface area contributed by atoms with Crippen molar-refractivity contribution >= 4 is 46.9 Å². The van der Waals surface area contributed by atoms with Gasteiger partial charge in [0.2, 0.25) is 11.8 Å². The van der Waals surface area contributed by atoms with Crippen LogP contribution >= 0.6 is 7.26 Å². The summed E-state index contributed by atoms with van der Waals surface area (Å²) in [6.45, 7) is 2.84. The second kappa shape index (κ2) is 23.2. The van der Waals surface area contributed by atoms with Crippen LogP contribution in [0.1, 0.15) is 71.1 Å². The van der Waals surface area contributed by atoms with E-state index in [0.29, 0.717) is 37.1 Å². The molecular weight excluding hydrogens is 707 g/mol. The van der Waals surface area contributed by atoms with Crippen LogP contribution < -0.4 is 26.5 Å². The van der Waals surface area contributed by atoms with Crippen molar-refractivity contribution in [3.05, 3.63) is 127 Å². The average Bonchev–Trinajstić information content (AvgIpc) is 3.81. The lowest BCUT2D eigenvalue weighted by atomic mass is 9.77. The van der Waals surface area contributed by atoms with Gasteiger partial charge in [0.05, 0.1) is 19.1 Å². The van der Waals surface area contributed by atoms with Crippen LogP contribution in [0.5, 0.6) is 0 Å². The first-order valence-corrected chi connectivity index (χ1v) is 21.7. The van der Waals surface area contributed by atoms with Gasteiger partial charge in [0.15, 0.2) is 0 Å². The Hall–Kier alpha value is -4.81. The fraction of sp³-hybridized carbons (Fsp3) is 0.391. The number of unbranched alkanes of at least 4 members (excludes halogenated alkanes) is 2. The Bertz CT molecular complexity index is 1630. The van der Waals surface area contributed by atoms with Gasteiger partial charge in [0.1, 0.15) is 23.2 Å². The number of rotatable bonds is 20. The molecule has 0 radical (unpaired) electrons. The molecule has 5 rings (SSSR count). The largest absolute Gasteiger partial charge is 0.481 e. The molecule has 2 aliphatic carbocycles. The number of aliphatic carboxylic acids is 2. The minimum Gasteiger partial charge on any atom is -0.481 e. The Balaban J connectivity index is 0.000000246. The van der Waals surface area contributed by atoms with E-state index in [1.54, 1.807) is 12.2 Å². The van der Waals surface area contributed by atoms with Gasteiger partial charge < -0.3 is 20.8 Å². The molecule has 0 aliphatic heterocycles. The van der Waals surface area contributed by atoms with Crippen LogP contribution in [-0.2, 0) is 19.2 Å². The Morgan fingerprint density at radius 3 is 1.82 bits per heavy atom. The van der Waals surface area contributed by atoms with Gasteiger partial charge in [-0.05, 0) is 105 Å². The van der Waals surface area contributed by atoms with E-state index in [-0.39, 0.29) is 24.8 Å². The molecule has 4 atom stereocenters. The second-order valence-electron chi connectivity index (χ2n) is 14.5. The molecule has 2 amide bonds. The van der Waals surface area contributed by atoms with Crippen LogP contribution in [0, 0.1) is 23.7 Å². The maximum Gasteiger partial charge on any atom is 0.327 e.